The molecule has 0 N–H and O–H groups in total. The molecule has 5 heteroatoms. The second-order valence-electron chi connectivity index (χ2n) is 9.05. The number of pyridine rings is 2. The minimum absolute atomic E-state index is 0.131. The number of ether oxygens (including phenoxy) is 1. The van der Waals surface area contributed by atoms with Gasteiger partial charge in [-0.1, -0.05) is 36.4 Å². The van der Waals surface area contributed by atoms with Crippen molar-refractivity contribution in [1.82, 2.24) is 19.1 Å². The van der Waals surface area contributed by atoms with Crippen molar-refractivity contribution in [2.24, 2.45) is 0 Å². The van der Waals surface area contributed by atoms with Crippen LogP contribution < -0.4 is 0 Å². The summed E-state index contributed by atoms with van der Waals surface area (Å²) in [5.74, 6) is 0. The van der Waals surface area contributed by atoms with Gasteiger partial charge >= 0.3 is 0 Å². The van der Waals surface area contributed by atoms with Gasteiger partial charge in [0, 0.05) is 34.5 Å². The maximum Gasteiger partial charge on any atom is 0.106 e. The Morgan fingerprint density at radius 2 is 1.09 bits per heavy atom. The van der Waals surface area contributed by atoms with E-state index < -0.39 is 0 Å². The van der Waals surface area contributed by atoms with Gasteiger partial charge in [0.1, 0.15) is 6.10 Å². The fourth-order valence-corrected chi connectivity index (χ4v) is 5.43. The van der Waals surface area contributed by atoms with E-state index >= 15 is 0 Å². The average Bonchev–Trinajstić information content (AvgIpc) is 3.64. The van der Waals surface area contributed by atoms with Crippen LogP contribution in [0.2, 0.25) is 0 Å². The van der Waals surface area contributed by atoms with Crippen molar-refractivity contribution in [2.75, 3.05) is 6.61 Å². The lowest BCUT2D eigenvalue weighted by Gasteiger charge is -2.14. The Bertz CT molecular complexity index is 1690. The van der Waals surface area contributed by atoms with Gasteiger partial charge in [0.05, 0.1) is 39.7 Å². The van der Waals surface area contributed by atoms with Gasteiger partial charge < -0.3 is 13.9 Å². The second kappa shape index (κ2) is 7.01. The van der Waals surface area contributed by atoms with E-state index in [1.54, 1.807) is 0 Å². The molecule has 0 bridgehead atoms. The minimum atomic E-state index is 0.131. The summed E-state index contributed by atoms with van der Waals surface area (Å²) in [7, 11) is 0. The summed E-state index contributed by atoms with van der Waals surface area (Å²) in [6.45, 7) is 0.756. The average molecular weight is 453 g/mol. The summed E-state index contributed by atoms with van der Waals surface area (Å²) in [4.78, 5) is 9.44. The van der Waals surface area contributed by atoms with Gasteiger partial charge in [-0.3, -0.25) is 9.97 Å². The molecule has 0 amide bonds. The summed E-state index contributed by atoms with van der Waals surface area (Å²) >= 11 is 0. The Morgan fingerprint density at radius 1 is 0.600 bits per heavy atom. The molecule has 3 aromatic carbocycles. The van der Waals surface area contributed by atoms with Gasteiger partial charge in [-0.05, 0) is 60.2 Å². The Labute approximate surface area is 200 Å². The first-order valence-electron chi connectivity index (χ1n) is 11.8. The molecule has 7 aromatic rings. The highest BCUT2D eigenvalue weighted by molar-refractivity contribution is 6.08. The molecule has 0 spiro atoms. The van der Waals surface area contributed by atoms with E-state index in [4.69, 9.17) is 14.7 Å². The number of hydrogen-bond donors (Lipinski definition) is 0. The predicted octanol–water partition coefficient (Wildman–Crippen LogP) is 6.74. The maximum atomic E-state index is 5.75. The first-order valence-corrected chi connectivity index (χ1v) is 11.8. The lowest BCUT2D eigenvalue weighted by Crippen LogP contribution is -2.01. The zero-order chi connectivity index (χ0) is 22.9. The second-order valence-corrected chi connectivity index (χ2v) is 9.05. The van der Waals surface area contributed by atoms with Gasteiger partial charge in [-0.25, -0.2) is 0 Å². The van der Waals surface area contributed by atoms with E-state index in [9.17, 15) is 0 Å². The molecule has 5 heterocycles. The van der Waals surface area contributed by atoms with Crippen molar-refractivity contribution in [3.63, 3.8) is 0 Å². The molecule has 1 aliphatic heterocycles. The van der Waals surface area contributed by atoms with Crippen molar-refractivity contribution in [2.45, 2.75) is 6.10 Å². The molecule has 5 nitrogen and oxygen atoms in total. The predicted molar refractivity (Wildman–Crippen MR) is 139 cm³/mol. The third-order valence-corrected chi connectivity index (χ3v) is 7.00. The van der Waals surface area contributed by atoms with Crippen molar-refractivity contribution in [3.05, 3.63) is 109 Å². The number of rotatable bonds is 3. The summed E-state index contributed by atoms with van der Waals surface area (Å²) < 4.78 is 10.4. The van der Waals surface area contributed by atoms with E-state index in [1.807, 2.05) is 24.5 Å². The summed E-state index contributed by atoms with van der Waals surface area (Å²) in [5.41, 5.74) is 9.88. The van der Waals surface area contributed by atoms with Crippen LogP contribution in [0.3, 0.4) is 0 Å². The Morgan fingerprint density at radius 3 is 1.60 bits per heavy atom. The SMILES string of the molecule is c1ccc2c(c1)c1ncccc1n2-c1cc(C2CO2)cc(-n2c3ccccc3c3ncccc32)c1. The van der Waals surface area contributed by atoms with Crippen LogP contribution in [0.4, 0.5) is 0 Å². The lowest BCUT2D eigenvalue weighted by atomic mass is 10.1. The largest absolute Gasteiger partial charge is 0.368 e. The van der Waals surface area contributed by atoms with Crippen LogP contribution in [0.5, 0.6) is 0 Å². The fraction of sp³-hybridized carbons (Fsp3) is 0.0667. The quantitative estimate of drug-likeness (QED) is 0.279. The van der Waals surface area contributed by atoms with Crippen LogP contribution in [-0.2, 0) is 4.74 Å². The van der Waals surface area contributed by atoms with E-state index in [-0.39, 0.29) is 6.10 Å². The van der Waals surface area contributed by atoms with Crippen molar-refractivity contribution < 1.29 is 4.74 Å². The Kier molecular flexibility index (Phi) is 3.78. The van der Waals surface area contributed by atoms with E-state index in [1.165, 1.54) is 5.56 Å². The standard InChI is InChI=1S/C30H20N4O/c1-3-9-24-22(7-1)29-26(11-5-13-31-29)33(24)20-15-19(28-18-35-28)16-21(17-20)34-25-10-4-2-8-23(25)30-27(34)12-6-14-32-30/h1-17,28H,18H2. The number of fused-ring (bicyclic) bond motifs is 6. The topological polar surface area (TPSA) is 48.2 Å². The van der Waals surface area contributed by atoms with Gasteiger partial charge in [-0.2, -0.15) is 0 Å². The molecule has 1 fully saturated rings. The molecule has 0 radical (unpaired) electrons. The van der Waals surface area contributed by atoms with Crippen LogP contribution in [0.1, 0.15) is 11.7 Å². The zero-order valence-corrected chi connectivity index (χ0v) is 18.8. The Balaban J connectivity index is 1.49. The number of aromatic nitrogens is 4. The molecule has 1 saturated heterocycles. The number of para-hydroxylation sites is 2. The first kappa shape index (κ1) is 18.9. The molecule has 166 valence electrons. The van der Waals surface area contributed by atoms with Gasteiger partial charge in [0.25, 0.3) is 0 Å². The normalized spacial score (nSPS) is 15.5. The number of nitrogens with zero attached hydrogens (tertiary/aromatic N) is 4. The van der Waals surface area contributed by atoms with E-state index in [0.29, 0.717) is 0 Å². The summed E-state index contributed by atoms with van der Waals surface area (Å²) in [6, 6.07) is 32.0. The third kappa shape index (κ3) is 2.73. The number of epoxide rings is 1. The van der Waals surface area contributed by atoms with Crippen LogP contribution in [0, 0.1) is 0 Å². The monoisotopic (exact) mass is 452 g/mol. The van der Waals surface area contributed by atoms with Crippen molar-refractivity contribution in [1.29, 1.82) is 0 Å². The molecule has 0 aliphatic carbocycles. The van der Waals surface area contributed by atoms with E-state index in [2.05, 4.69) is 88.0 Å². The molecule has 35 heavy (non-hydrogen) atoms. The minimum Gasteiger partial charge on any atom is -0.368 e. The third-order valence-electron chi connectivity index (χ3n) is 7.00. The summed E-state index contributed by atoms with van der Waals surface area (Å²) in [6.07, 6.45) is 3.86. The molecule has 8 rings (SSSR count). The van der Waals surface area contributed by atoms with Gasteiger partial charge in [-0.15, -0.1) is 0 Å². The van der Waals surface area contributed by atoms with Crippen LogP contribution in [-0.4, -0.2) is 25.7 Å². The molecule has 4 aromatic heterocycles. The Hall–Kier alpha value is -4.48. The molecule has 1 aliphatic rings. The first-order chi connectivity index (χ1) is 17.4. The number of hydrogen-bond acceptors (Lipinski definition) is 3. The highest BCUT2D eigenvalue weighted by Crippen LogP contribution is 2.38. The molecule has 1 atom stereocenters. The zero-order valence-electron chi connectivity index (χ0n) is 18.8. The molecular weight excluding hydrogens is 432 g/mol. The molecule has 1 unspecified atom stereocenters. The van der Waals surface area contributed by atoms with Crippen LogP contribution >= 0.6 is 0 Å². The smallest absolute Gasteiger partial charge is 0.106 e. The highest BCUT2D eigenvalue weighted by atomic mass is 16.6. The van der Waals surface area contributed by atoms with Gasteiger partial charge in [0.2, 0.25) is 0 Å². The van der Waals surface area contributed by atoms with Crippen molar-refractivity contribution >= 4 is 43.9 Å². The van der Waals surface area contributed by atoms with Gasteiger partial charge in [0.15, 0.2) is 0 Å². The number of benzene rings is 3. The summed E-state index contributed by atoms with van der Waals surface area (Å²) in [5, 5.41) is 2.30. The molecular formula is C30H20N4O. The van der Waals surface area contributed by atoms with Crippen LogP contribution in [0.15, 0.2) is 103 Å². The fourth-order valence-electron chi connectivity index (χ4n) is 5.43. The highest BCUT2D eigenvalue weighted by Gasteiger charge is 2.27. The maximum absolute atomic E-state index is 5.75. The van der Waals surface area contributed by atoms with E-state index in [0.717, 1.165) is 61.9 Å². The molecule has 0 saturated carbocycles. The van der Waals surface area contributed by atoms with Crippen molar-refractivity contribution in [3.8, 4) is 11.4 Å². The van der Waals surface area contributed by atoms with Crippen LogP contribution in [0.25, 0.3) is 55.2 Å². The lowest BCUT2D eigenvalue weighted by molar-refractivity contribution is 0.415.